The molecule has 7 heteroatoms. The second-order valence-electron chi connectivity index (χ2n) is 4.02. The second-order valence-corrected chi connectivity index (χ2v) is 5.28. The van der Waals surface area contributed by atoms with Gasteiger partial charge in [0.15, 0.2) is 0 Å². The molecule has 2 aromatic heterocycles. The highest BCUT2D eigenvalue weighted by Crippen LogP contribution is 2.18. The molecule has 0 fully saturated rings. The summed E-state index contributed by atoms with van der Waals surface area (Å²) in [6.07, 6.45) is 1.06. The quantitative estimate of drug-likeness (QED) is 0.817. The summed E-state index contributed by atoms with van der Waals surface area (Å²) in [7, 11) is 1.77. The SMILES string of the molecule is CCOc1nc(NC)nc(NCc2ccc(CC)s2)n1. The van der Waals surface area contributed by atoms with Gasteiger partial charge in [0.2, 0.25) is 11.9 Å². The first-order valence-corrected chi connectivity index (χ1v) is 7.44. The van der Waals surface area contributed by atoms with Crippen LogP contribution in [0, 0.1) is 0 Å². The highest BCUT2D eigenvalue weighted by molar-refractivity contribution is 7.12. The lowest BCUT2D eigenvalue weighted by molar-refractivity contribution is 0.312. The fourth-order valence-electron chi connectivity index (χ4n) is 1.61. The van der Waals surface area contributed by atoms with Gasteiger partial charge in [0, 0.05) is 16.8 Å². The molecule has 0 saturated heterocycles. The maximum Gasteiger partial charge on any atom is 0.323 e. The van der Waals surface area contributed by atoms with Gasteiger partial charge in [0.05, 0.1) is 13.2 Å². The van der Waals surface area contributed by atoms with Gasteiger partial charge in [-0.05, 0) is 25.5 Å². The van der Waals surface area contributed by atoms with Crippen LogP contribution in [0.15, 0.2) is 12.1 Å². The van der Waals surface area contributed by atoms with Gasteiger partial charge in [0.25, 0.3) is 0 Å². The molecule has 0 atom stereocenters. The lowest BCUT2D eigenvalue weighted by Gasteiger charge is -2.07. The number of aromatic nitrogens is 3. The number of ether oxygens (including phenoxy) is 1. The number of thiophene rings is 1. The normalized spacial score (nSPS) is 10.3. The molecule has 0 amide bonds. The van der Waals surface area contributed by atoms with Crippen LogP contribution in [0.3, 0.4) is 0 Å². The number of hydrogen-bond acceptors (Lipinski definition) is 7. The number of nitrogens with one attached hydrogen (secondary N) is 2. The minimum atomic E-state index is 0.328. The Morgan fingerprint density at radius 1 is 1.10 bits per heavy atom. The Hall–Kier alpha value is -1.89. The van der Waals surface area contributed by atoms with Crippen LogP contribution in [0.5, 0.6) is 6.01 Å². The van der Waals surface area contributed by atoms with Crippen LogP contribution in [0.1, 0.15) is 23.6 Å². The molecule has 0 aromatic carbocycles. The van der Waals surface area contributed by atoms with E-state index in [4.69, 9.17) is 4.74 Å². The van der Waals surface area contributed by atoms with Gasteiger partial charge in [-0.15, -0.1) is 11.3 Å². The van der Waals surface area contributed by atoms with Gasteiger partial charge in [0.1, 0.15) is 0 Å². The zero-order valence-corrected chi connectivity index (χ0v) is 12.8. The Labute approximate surface area is 122 Å². The lowest BCUT2D eigenvalue weighted by Crippen LogP contribution is -2.08. The summed E-state index contributed by atoms with van der Waals surface area (Å²) >= 11 is 1.80. The van der Waals surface area contributed by atoms with Crippen LogP contribution in [-0.4, -0.2) is 28.6 Å². The Morgan fingerprint density at radius 2 is 1.85 bits per heavy atom. The number of anilines is 2. The molecule has 108 valence electrons. The van der Waals surface area contributed by atoms with Gasteiger partial charge >= 0.3 is 6.01 Å². The summed E-state index contributed by atoms with van der Waals surface area (Å²) in [6, 6.07) is 4.61. The molecule has 2 heterocycles. The molecule has 0 saturated carbocycles. The van der Waals surface area contributed by atoms with Crippen LogP contribution in [0.25, 0.3) is 0 Å². The average molecular weight is 293 g/mol. The molecule has 6 nitrogen and oxygen atoms in total. The van der Waals surface area contributed by atoms with Crippen LogP contribution in [0.4, 0.5) is 11.9 Å². The Bertz CT molecular complexity index is 557. The van der Waals surface area contributed by atoms with Gasteiger partial charge < -0.3 is 15.4 Å². The highest BCUT2D eigenvalue weighted by Gasteiger charge is 2.06. The Morgan fingerprint density at radius 3 is 2.50 bits per heavy atom. The second kappa shape index (κ2) is 7.04. The third-order valence-corrected chi connectivity index (χ3v) is 3.83. The third kappa shape index (κ3) is 3.80. The minimum absolute atomic E-state index is 0.328. The van der Waals surface area contributed by atoms with Gasteiger partial charge in [-0.25, -0.2) is 0 Å². The van der Waals surface area contributed by atoms with Crippen molar-refractivity contribution in [1.82, 2.24) is 15.0 Å². The van der Waals surface area contributed by atoms with Crippen molar-refractivity contribution in [3.8, 4) is 6.01 Å². The van der Waals surface area contributed by atoms with E-state index < -0.39 is 0 Å². The lowest BCUT2D eigenvalue weighted by atomic mass is 10.4. The molecule has 0 unspecified atom stereocenters. The van der Waals surface area contributed by atoms with E-state index in [1.54, 1.807) is 18.4 Å². The molecule has 0 spiro atoms. The molecular weight excluding hydrogens is 274 g/mol. The monoisotopic (exact) mass is 293 g/mol. The molecule has 2 aromatic rings. The van der Waals surface area contributed by atoms with E-state index in [-0.39, 0.29) is 0 Å². The standard InChI is InChI=1S/C13H19N5OS/c1-4-9-6-7-10(20-9)8-15-12-16-11(14-3)17-13(18-12)19-5-2/h6-7H,4-5,8H2,1-3H3,(H2,14,15,16,17,18). The first-order chi connectivity index (χ1) is 9.75. The topological polar surface area (TPSA) is 72.0 Å². The van der Waals surface area contributed by atoms with Crippen molar-refractivity contribution in [1.29, 1.82) is 0 Å². The summed E-state index contributed by atoms with van der Waals surface area (Å²) in [5.41, 5.74) is 0. The van der Waals surface area contributed by atoms with Crippen LogP contribution in [0.2, 0.25) is 0 Å². The number of rotatable bonds is 7. The van der Waals surface area contributed by atoms with Gasteiger partial charge in [-0.2, -0.15) is 15.0 Å². The van der Waals surface area contributed by atoms with Crippen molar-refractivity contribution >= 4 is 23.2 Å². The number of hydrogen-bond donors (Lipinski definition) is 2. The molecule has 20 heavy (non-hydrogen) atoms. The van der Waals surface area contributed by atoms with E-state index in [0.29, 0.717) is 31.1 Å². The van der Waals surface area contributed by atoms with Crippen LogP contribution < -0.4 is 15.4 Å². The van der Waals surface area contributed by atoms with E-state index >= 15 is 0 Å². The number of nitrogens with zero attached hydrogens (tertiary/aromatic N) is 3. The van der Waals surface area contributed by atoms with Crippen molar-refractivity contribution in [2.75, 3.05) is 24.3 Å². The van der Waals surface area contributed by atoms with E-state index in [1.807, 2.05) is 6.92 Å². The predicted molar refractivity (Wildman–Crippen MR) is 81.6 cm³/mol. The van der Waals surface area contributed by atoms with E-state index in [2.05, 4.69) is 44.6 Å². The molecule has 2 rings (SSSR count). The summed E-state index contributed by atoms with van der Waals surface area (Å²) in [6.45, 7) is 5.28. The molecule has 0 aliphatic rings. The fraction of sp³-hybridized carbons (Fsp3) is 0.462. The largest absolute Gasteiger partial charge is 0.464 e. The Kier molecular flexibility index (Phi) is 5.11. The molecule has 0 aliphatic heterocycles. The number of aryl methyl sites for hydroxylation is 1. The van der Waals surface area contributed by atoms with Crippen molar-refractivity contribution < 1.29 is 4.74 Å². The highest BCUT2D eigenvalue weighted by atomic mass is 32.1. The molecule has 0 bridgehead atoms. The zero-order valence-electron chi connectivity index (χ0n) is 11.9. The van der Waals surface area contributed by atoms with Crippen molar-refractivity contribution in [3.05, 3.63) is 21.9 Å². The average Bonchev–Trinajstić information content (AvgIpc) is 2.93. The van der Waals surface area contributed by atoms with E-state index in [1.165, 1.54) is 9.75 Å². The smallest absolute Gasteiger partial charge is 0.323 e. The molecule has 0 aliphatic carbocycles. The molecule has 2 N–H and O–H groups in total. The maximum atomic E-state index is 5.32. The maximum absolute atomic E-state index is 5.32. The minimum Gasteiger partial charge on any atom is -0.464 e. The van der Waals surface area contributed by atoms with Crippen LogP contribution in [-0.2, 0) is 13.0 Å². The summed E-state index contributed by atoms with van der Waals surface area (Å²) in [5.74, 6) is 1.01. The fourth-order valence-corrected chi connectivity index (χ4v) is 2.51. The molecular formula is C13H19N5OS. The van der Waals surface area contributed by atoms with E-state index in [9.17, 15) is 0 Å². The summed E-state index contributed by atoms with van der Waals surface area (Å²) in [5, 5.41) is 6.10. The summed E-state index contributed by atoms with van der Waals surface area (Å²) in [4.78, 5) is 15.2. The Balaban J connectivity index is 2.05. The first kappa shape index (κ1) is 14.5. The predicted octanol–water partition coefficient (Wildman–Crippen LogP) is 2.55. The van der Waals surface area contributed by atoms with Crippen molar-refractivity contribution in [2.45, 2.75) is 26.8 Å². The third-order valence-electron chi connectivity index (χ3n) is 2.60. The summed E-state index contributed by atoms with van der Waals surface area (Å²) < 4.78 is 5.32. The van der Waals surface area contributed by atoms with Crippen LogP contribution >= 0.6 is 11.3 Å². The zero-order chi connectivity index (χ0) is 14.4. The van der Waals surface area contributed by atoms with Gasteiger partial charge in [-0.3, -0.25) is 0 Å². The van der Waals surface area contributed by atoms with E-state index in [0.717, 1.165) is 6.42 Å². The van der Waals surface area contributed by atoms with Crippen molar-refractivity contribution in [3.63, 3.8) is 0 Å². The first-order valence-electron chi connectivity index (χ1n) is 6.63. The van der Waals surface area contributed by atoms with Crippen molar-refractivity contribution in [2.24, 2.45) is 0 Å². The molecule has 0 radical (unpaired) electrons. The van der Waals surface area contributed by atoms with Gasteiger partial charge in [-0.1, -0.05) is 6.92 Å².